The Kier molecular flexibility index (Phi) is 3.79. The van der Waals surface area contributed by atoms with E-state index in [0.717, 1.165) is 23.3 Å². The Labute approximate surface area is 115 Å². The maximum Gasteiger partial charge on any atom is 0.338 e. The summed E-state index contributed by atoms with van der Waals surface area (Å²) in [7, 11) is 0. The minimum absolute atomic E-state index is 0.0358. The Hall–Kier alpha value is -2.69. The van der Waals surface area contributed by atoms with Gasteiger partial charge in [-0.3, -0.25) is 0 Å². The van der Waals surface area contributed by atoms with E-state index >= 15 is 0 Å². The smallest absolute Gasteiger partial charge is 0.338 e. The number of hydrogen-bond acceptors (Lipinski definition) is 5. The van der Waals surface area contributed by atoms with Gasteiger partial charge in [0, 0.05) is 0 Å². The molecule has 0 amide bonds. The average Bonchev–Trinajstić information content (AvgIpc) is 2.43. The zero-order valence-corrected chi connectivity index (χ0v) is 10.8. The van der Waals surface area contributed by atoms with E-state index in [1.807, 2.05) is 31.2 Å². The number of ether oxygens (including phenoxy) is 1. The van der Waals surface area contributed by atoms with Crippen LogP contribution >= 0.6 is 0 Å². The van der Waals surface area contributed by atoms with Crippen molar-refractivity contribution in [3.8, 4) is 17.2 Å². The molecule has 0 aliphatic heterocycles. The second-order valence-electron chi connectivity index (χ2n) is 4.37. The molecule has 3 N–H and O–H groups in total. The summed E-state index contributed by atoms with van der Waals surface area (Å²) in [4.78, 5) is 11.8. The molecule has 0 spiro atoms. The molecular weight excluding hydrogens is 260 g/mol. The van der Waals surface area contributed by atoms with Crippen molar-refractivity contribution in [2.24, 2.45) is 0 Å². The first kappa shape index (κ1) is 13.7. The standard InChI is InChI=1S/C15H14O5/c1-9-4-2-3-5-10(9)8-20-15(19)11-6-12(16)14(18)13(17)7-11/h2-7,16-18H,8H2,1H3. The lowest BCUT2D eigenvalue weighted by Gasteiger charge is -2.08. The molecule has 2 aromatic rings. The zero-order chi connectivity index (χ0) is 14.7. The van der Waals surface area contributed by atoms with E-state index in [0.29, 0.717) is 0 Å². The van der Waals surface area contributed by atoms with E-state index in [9.17, 15) is 20.1 Å². The number of carbonyl (C=O) groups excluding carboxylic acids is 1. The first-order chi connectivity index (χ1) is 9.49. The Morgan fingerprint density at radius 2 is 1.70 bits per heavy atom. The molecule has 0 unspecified atom stereocenters. The van der Waals surface area contributed by atoms with E-state index < -0.39 is 23.2 Å². The third kappa shape index (κ3) is 2.83. The molecule has 0 aliphatic rings. The van der Waals surface area contributed by atoms with Crippen LogP contribution in [0.3, 0.4) is 0 Å². The number of carbonyl (C=O) groups is 1. The largest absolute Gasteiger partial charge is 0.504 e. The average molecular weight is 274 g/mol. The molecule has 0 atom stereocenters. The van der Waals surface area contributed by atoms with Gasteiger partial charge in [-0.05, 0) is 30.2 Å². The van der Waals surface area contributed by atoms with Crippen molar-refractivity contribution in [1.82, 2.24) is 0 Å². The van der Waals surface area contributed by atoms with Crippen LogP contribution in [0.4, 0.5) is 0 Å². The summed E-state index contributed by atoms with van der Waals surface area (Å²) >= 11 is 0. The topological polar surface area (TPSA) is 87.0 Å². The number of esters is 1. The maximum atomic E-state index is 11.8. The summed E-state index contributed by atoms with van der Waals surface area (Å²) in [6.45, 7) is 2.00. The Bertz CT molecular complexity index is 625. The van der Waals surface area contributed by atoms with Gasteiger partial charge < -0.3 is 20.1 Å². The van der Waals surface area contributed by atoms with Gasteiger partial charge >= 0.3 is 5.97 Å². The lowest BCUT2D eigenvalue weighted by atomic mass is 10.1. The molecule has 0 bridgehead atoms. The summed E-state index contributed by atoms with van der Waals surface area (Å²) in [5, 5.41) is 27.9. The van der Waals surface area contributed by atoms with Gasteiger partial charge in [-0.15, -0.1) is 0 Å². The molecule has 2 aromatic carbocycles. The van der Waals surface area contributed by atoms with Crippen molar-refractivity contribution < 1.29 is 24.9 Å². The molecule has 5 nitrogen and oxygen atoms in total. The summed E-state index contributed by atoms with van der Waals surface area (Å²) < 4.78 is 5.10. The number of phenolic OH excluding ortho intramolecular Hbond substituents is 3. The fourth-order valence-corrected chi connectivity index (χ4v) is 1.72. The zero-order valence-electron chi connectivity index (χ0n) is 10.8. The monoisotopic (exact) mass is 274 g/mol. The number of hydrogen-bond donors (Lipinski definition) is 3. The number of aryl methyl sites for hydroxylation is 1. The third-order valence-corrected chi connectivity index (χ3v) is 2.93. The normalized spacial score (nSPS) is 10.2. The van der Waals surface area contributed by atoms with Gasteiger partial charge in [0.25, 0.3) is 0 Å². The number of aromatic hydroxyl groups is 3. The maximum absolute atomic E-state index is 11.8. The minimum Gasteiger partial charge on any atom is -0.504 e. The predicted octanol–water partition coefficient (Wildman–Crippen LogP) is 2.47. The molecule has 104 valence electrons. The molecule has 0 aliphatic carbocycles. The van der Waals surface area contributed by atoms with E-state index in [1.165, 1.54) is 0 Å². The molecule has 0 heterocycles. The van der Waals surface area contributed by atoms with Crippen LogP contribution in [0.15, 0.2) is 36.4 Å². The Morgan fingerprint density at radius 1 is 1.10 bits per heavy atom. The highest BCUT2D eigenvalue weighted by Gasteiger charge is 2.14. The van der Waals surface area contributed by atoms with Crippen LogP contribution in [0.2, 0.25) is 0 Å². The molecule has 0 fully saturated rings. The van der Waals surface area contributed by atoms with Gasteiger partial charge in [-0.2, -0.15) is 0 Å². The quantitative estimate of drug-likeness (QED) is 0.591. The lowest BCUT2D eigenvalue weighted by Crippen LogP contribution is -2.06. The van der Waals surface area contributed by atoms with Crippen molar-refractivity contribution in [2.45, 2.75) is 13.5 Å². The number of phenols is 3. The first-order valence-corrected chi connectivity index (χ1v) is 5.95. The Balaban J connectivity index is 2.11. The predicted molar refractivity (Wildman–Crippen MR) is 71.7 cm³/mol. The third-order valence-electron chi connectivity index (χ3n) is 2.93. The molecule has 0 saturated heterocycles. The van der Waals surface area contributed by atoms with Gasteiger partial charge in [0.2, 0.25) is 0 Å². The van der Waals surface area contributed by atoms with E-state index in [4.69, 9.17) is 4.74 Å². The van der Waals surface area contributed by atoms with Crippen LogP contribution in [-0.4, -0.2) is 21.3 Å². The number of benzene rings is 2. The molecule has 0 radical (unpaired) electrons. The van der Waals surface area contributed by atoms with E-state index in [2.05, 4.69) is 0 Å². The van der Waals surface area contributed by atoms with Gasteiger partial charge in [0.05, 0.1) is 5.56 Å². The minimum atomic E-state index is -0.696. The van der Waals surface area contributed by atoms with Crippen molar-refractivity contribution in [2.75, 3.05) is 0 Å². The molecule has 20 heavy (non-hydrogen) atoms. The first-order valence-electron chi connectivity index (χ1n) is 5.95. The number of rotatable bonds is 3. The van der Waals surface area contributed by atoms with Gasteiger partial charge in [0.1, 0.15) is 6.61 Å². The molecule has 0 saturated carbocycles. The van der Waals surface area contributed by atoms with Crippen molar-refractivity contribution in [3.05, 3.63) is 53.1 Å². The Morgan fingerprint density at radius 3 is 2.30 bits per heavy atom. The highest BCUT2D eigenvalue weighted by atomic mass is 16.5. The molecule has 0 aromatic heterocycles. The summed E-state index contributed by atoms with van der Waals surface area (Å²) in [6.07, 6.45) is 0. The second-order valence-corrected chi connectivity index (χ2v) is 4.37. The van der Waals surface area contributed by atoms with Crippen LogP contribution in [-0.2, 0) is 11.3 Å². The summed E-state index contributed by atoms with van der Waals surface area (Å²) in [5.74, 6) is -2.51. The molecular formula is C15H14O5. The highest BCUT2D eigenvalue weighted by Crippen LogP contribution is 2.35. The summed E-state index contributed by atoms with van der Waals surface area (Å²) in [6, 6.07) is 9.55. The SMILES string of the molecule is Cc1ccccc1COC(=O)c1cc(O)c(O)c(O)c1. The molecule has 2 rings (SSSR count). The summed E-state index contributed by atoms with van der Waals surface area (Å²) in [5.41, 5.74) is 1.83. The van der Waals surface area contributed by atoms with Gasteiger partial charge in [-0.1, -0.05) is 24.3 Å². The van der Waals surface area contributed by atoms with E-state index in [1.54, 1.807) is 0 Å². The van der Waals surface area contributed by atoms with Crippen LogP contribution in [0.25, 0.3) is 0 Å². The van der Waals surface area contributed by atoms with Gasteiger partial charge in [0.15, 0.2) is 17.2 Å². The fraction of sp³-hybridized carbons (Fsp3) is 0.133. The highest BCUT2D eigenvalue weighted by molar-refractivity contribution is 5.91. The molecule has 5 heteroatoms. The van der Waals surface area contributed by atoms with Crippen LogP contribution < -0.4 is 0 Å². The van der Waals surface area contributed by atoms with Crippen molar-refractivity contribution in [3.63, 3.8) is 0 Å². The fourth-order valence-electron chi connectivity index (χ4n) is 1.72. The van der Waals surface area contributed by atoms with Crippen LogP contribution in [0.1, 0.15) is 21.5 Å². The second kappa shape index (κ2) is 5.52. The van der Waals surface area contributed by atoms with Crippen LogP contribution in [0, 0.1) is 6.92 Å². The van der Waals surface area contributed by atoms with Crippen molar-refractivity contribution in [1.29, 1.82) is 0 Å². The van der Waals surface area contributed by atoms with Crippen LogP contribution in [0.5, 0.6) is 17.2 Å². The van der Waals surface area contributed by atoms with Crippen molar-refractivity contribution >= 4 is 5.97 Å². The lowest BCUT2D eigenvalue weighted by molar-refractivity contribution is 0.0471. The van der Waals surface area contributed by atoms with E-state index in [-0.39, 0.29) is 12.2 Å². The van der Waals surface area contributed by atoms with Gasteiger partial charge in [-0.25, -0.2) is 4.79 Å².